The molecule has 1 fully saturated rings. The molecular weight excluding hydrogens is 356 g/mol. The second kappa shape index (κ2) is 9.09. The van der Waals surface area contributed by atoms with Crippen molar-refractivity contribution in [3.63, 3.8) is 0 Å². The van der Waals surface area contributed by atoms with Crippen LogP contribution < -0.4 is 10.6 Å². The summed E-state index contributed by atoms with van der Waals surface area (Å²) in [5, 5.41) is 6.14. The van der Waals surface area contributed by atoms with E-state index in [0.717, 1.165) is 19.6 Å². The molecule has 3 amide bonds. The van der Waals surface area contributed by atoms with Gasteiger partial charge in [0.2, 0.25) is 0 Å². The molecule has 2 N–H and O–H groups in total. The van der Waals surface area contributed by atoms with Gasteiger partial charge in [-0.15, -0.1) is 0 Å². The third-order valence-corrected chi connectivity index (χ3v) is 4.06. The molecule has 26 heavy (non-hydrogen) atoms. The van der Waals surface area contributed by atoms with Crippen LogP contribution in [0.5, 0.6) is 0 Å². The van der Waals surface area contributed by atoms with E-state index < -0.39 is 5.60 Å². The second-order valence-electron chi connectivity index (χ2n) is 7.20. The van der Waals surface area contributed by atoms with Gasteiger partial charge in [-0.25, -0.2) is 9.59 Å². The van der Waals surface area contributed by atoms with Crippen LogP contribution in [0.4, 0.5) is 15.3 Å². The molecule has 0 spiro atoms. The van der Waals surface area contributed by atoms with E-state index in [-0.39, 0.29) is 12.1 Å². The van der Waals surface area contributed by atoms with Gasteiger partial charge in [0.25, 0.3) is 0 Å². The number of carbonyl (C=O) groups excluding carboxylic acids is 2. The minimum Gasteiger partial charge on any atom is -0.444 e. The molecule has 0 atom stereocenters. The number of nitrogens with one attached hydrogen (secondary N) is 2. The van der Waals surface area contributed by atoms with E-state index in [0.29, 0.717) is 30.3 Å². The molecule has 1 aromatic carbocycles. The van der Waals surface area contributed by atoms with Crippen molar-refractivity contribution in [2.75, 3.05) is 44.6 Å². The van der Waals surface area contributed by atoms with Crippen molar-refractivity contribution in [1.82, 2.24) is 15.1 Å². The summed E-state index contributed by atoms with van der Waals surface area (Å²) in [4.78, 5) is 27.9. The number of carbonyl (C=O) groups is 2. The van der Waals surface area contributed by atoms with Crippen molar-refractivity contribution >= 4 is 29.4 Å². The van der Waals surface area contributed by atoms with Gasteiger partial charge >= 0.3 is 12.1 Å². The average molecular weight is 383 g/mol. The van der Waals surface area contributed by atoms with E-state index in [9.17, 15) is 9.59 Å². The summed E-state index contributed by atoms with van der Waals surface area (Å²) in [5.41, 5.74) is 0.176. The number of nitrogens with zero attached hydrogens (tertiary/aromatic N) is 2. The maximum Gasteiger partial charge on any atom is 0.410 e. The zero-order chi connectivity index (χ0) is 19.2. The summed E-state index contributed by atoms with van der Waals surface area (Å²) in [7, 11) is 0. The van der Waals surface area contributed by atoms with Crippen molar-refractivity contribution in [2.24, 2.45) is 0 Å². The zero-order valence-corrected chi connectivity index (χ0v) is 16.3. The lowest BCUT2D eigenvalue weighted by molar-refractivity contribution is 0.0147. The fraction of sp³-hybridized carbons (Fsp3) is 0.556. The predicted molar refractivity (Wildman–Crippen MR) is 103 cm³/mol. The van der Waals surface area contributed by atoms with Gasteiger partial charge in [-0.1, -0.05) is 17.7 Å². The molecule has 1 heterocycles. The molecule has 2 rings (SSSR count). The van der Waals surface area contributed by atoms with Gasteiger partial charge in [0.1, 0.15) is 5.60 Å². The highest BCUT2D eigenvalue weighted by Crippen LogP contribution is 2.14. The third-order valence-electron chi connectivity index (χ3n) is 3.82. The van der Waals surface area contributed by atoms with Crippen LogP contribution in [0.15, 0.2) is 24.3 Å². The predicted octanol–water partition coefficient (Wildman–Crippen LogP) is 3.01. The topological polar surface area (TPSA) is 73.9 Å². The first-order valence-corrected chi connectivity index (χ1v) is 9.11. The Morgan fingerprint density at radius 1 is 1.19 bits per heavy atom. The Hall–Kier alpha value is -1.99. The molecule has 0 aliphatic carbocycles. The first-order chi connectivity index (χ1) is 12.2. The fourth-order valence-corrected chi connectivity index (χ4v) is 2.74. The van der Waals surface area contributed by atoms with Gasteiger partial charge in [-0.3, -0.25) is 4.90 Å². The Labute approximate surface area is 159 Å². The van der Waals surface area contributed by atoms with Crippen LogP contribution in [-0.4, -0.2) is 66.8 Å². The molecule has 7 nitrogen and oxygen atoms in total. The van der Waals surface area contributed by atoms with Crippen molar-refractivity contribution in [2.45, 2.75) is 26.4 Å². The fourth-order valence-electron chi connectivity index (χ4n) is 2.55. The number of urea groups is 1. The number of benzene rings is 1. The molecule has 1 saturated heterocycles. The van der Waals surface area contributed by atoms with Crippen LogP contribution in [0.25, 0.3) is 0 Å². The molecule has 0 aromatic heterocycles. The first kappa shape index (κ1) is 20.3. The lowest BCUT2D eigenvalue weighted by Crippen LogP contribution is -2.51. The lowest BCUT2D eigenvalue weighted by atomic mass is 10.2. The Bertz CT molecular complexity index is 625. The molecule has 0 unspecified atom stereocenters. The van der Waals surface area contributed by atoms with E-state index in [4.69, 9.17) is 16.3 Å². The number of hydrogen-bond donors (Lipinski definition) is 2. The Morgan fingerprint density at radius 2 is 1.88 bits per heavy atom. The highest BCUT2D eigenvalue weighted by molar-refractivity contribution is 6.30. The summed E-state index contributed by atoms with van der Waals surface area (Å²) < 4.78 is 5.38. The smallest absolute Gasteiger partial charge is 0.410 e. The maximum absolute atomic E-state index is 12.0. The van der Waals surface area contributed by atoms with Gasteiger partial charge in [0.15, 0.2) is 0 Å². The first-order valence-electron chi connectivity index (χ1n) is 8.74. The van der Waals surface area contributed by atoms with Crippen molar-refractivity contribution in [3.8, 4) is 0 Å². The number of hydrogen-bond acceptors (Lipinski definition) is 4. The summed E-state index contributed by atoms with van der Waals surface area (Å²) in [6, 6.07) is 6.74. The average Bonchev–Trinajstić information content (AvgIpc) is 2.54. The molecule has 1 aliphatic rings. The van der Waals surface area contributed by atoms with Crippen LogP contribution in [0.1, 0.15) is 20.8 Å². The summed E-state index contributed by atoms with van der Waals surface area (Å²) in [6.45, 7) is 9.62. The zero-order valence-electron chi connectivity index (χ0n) is 15.5. The molecule has 144 valence electrons. The normalized spacial score (nSPS) is 15.5. The highest BCUT2D eigenvalue weighted by atomic mass is 35.5. The lowest BCUT2D eigenvalue weighted by Gasteiger charge is -2.35. The summed E-state index contributed by atoms with van der Waals surface area (Å²) in [6.07, 6.45) is -0.267. The number of anilines is 1. The summed E-state index contributed by atoms with van der Waals surface area (Å²) in [5.74, 6) is 0. The van der Waals surface area contributed by atoms with Crippen molar-refractivity contribution in [3.05, 3.63) is 29.3 Å². The quantitative estimate of drug-likeness (QED) is 0.839. The number of halogens is 1. The second-order valence-corrected chi connectivity index (χ2v) is 7.64. The third kappa shape index (κ3) is 7.09. The van der Waals surface area contributed by atoms with Gasteiger partial charge in [-0.05, 0) is 39.0 Å². The van der Waals surface area contributed by atoms with Crippen LogP contribution in [-0.2, 0) is 4.74 Å². The van der Waals surface area contributed by atoms with E-state index in [1.165, 1.54) is 0 Å². The standard InChI is InChI=1S/C18H27ClN4O3/c1-18(2,3)26-17(25)23-11-9-22(10-12-23)8-7-20-16(24)21-15-6-4-5-14(19)13-15/h4-6,13H,7-12H2,1-3H3,(H2,20,21,24). The molecular formula is C18H27ClN4O3. The number of rotatable bonds is 4. The Kier molecular flexibility index (Phi) is 7.11. The van der Waals surface area contributed by atoms with E-state index in [1.807, 2.05) is 20.8 Å². The molecule has 0 radical (unpaired) electrons. The van der Waals surface area contributed by atoms with Gasteiger partial charge < -0.3 is 20.3 Å². The summed E-state index contributed by atoms with van der Waals surface area (Å²) >= 11 is 5.89. The van der Waals surface area contributed by atoms with Crippen molar-refractivity contribution < 1.29 is 14.3 Å². The van der Waals surface area contributed by atoms with Crippen LogP contribution in [0, 0.1) is 0 Å². The van der Waals surface area contributed by atoms with Gasteiger partial charge in [0, 0.05) is 50.0 Å². The highest BCUT2D eigenvalue weighted by Gasteiger charge is 2.25. The maximum atomic E-state index is 12.0. The molecule has 1 aliphatic heterocycles. The SMILES string of the molecule is CC(C)(C)OC(=O)N1CCN(CCNC(=O)Nc2cccc(Cl)c2)CC1. The molecule has 1 aromatic rings. The molecule has 0 bridgehead atoms. The van der Waals surface area contributed by atoms with Gasteiger partial charge in [0.05, 0.1) is 0 Å². The molecule has 8 heteroatoms. The van der Waals surface area contributed by atoms with E-state index in [2.05, 4.69) is 15.5 Å². The monoisotopic (exact) mass is 382 g/mol. The Balaban J connectivity index is 1.64. The van der Waals surface area contributed by atoms with Crippen LogP contribution in [0.2, 0.25) is 5.02 Å². The van der Waals surface area contributed by atoms with Crippen molar-refractivity contribution in [1.29, 1.82) is 0 Å². The largest absolute Gasteiger partial charge is 0.444 e. The Morgan fingerprint density at radius 3 is 2.50 bits per heavy atom. The minimum absolute atomic E-state index is 0.264. The molecule has 0 saturated carbocycles. The van der Waals surface area contributed by atoms with Crippen LogP contribution >= 0.6 is 11.6 Å². The van der Waals surface area contributed by atoms with Crippen LogP contribution in [0.3, 0.4) is 0 Å². The van der Waals surface area contributed by atoms with E-state index >= 15 is 0 Å². The minimum atomic E-state index is -0.478. The number of piperazine rings is 1. The van der Waals surface area contributed by atoms with Gasteiger partial charge in [-0.2, -0.15) is 0 Å². The number of amides is 3. The van der Waals surface area contributed by atoms with E-state index in [1.54, 1.807) is 29.2 Å². The number of ether oxygens (including phenoxy) is 1.